The van der Waals surface area contributed by atoms with Gasteiger partial charge in [0.25, 0.3) is 5.91 Å². The molecule has 0 saturated carbocycles. The Hall–Kier alpha value is -1.79. The Labute approximate surface area is 131 Å². The van der Waals surface area contributed by atoms with Crippen LogP contribution in [-0.2, 0) is 4.79 Å². The van der Waals surface area contributed by atoms with E-state index in [-0.39, 0.29) is 11.8 Å². The van der Waals surface area contributed by atoms with Crippen molar-refractivity contribution in [2.45, 2.75) is 11.3 Å². The van der Waals surface area contributed by atoms with Crippen LogP contribution < -0.4 is 10.6 Å². The van der Waals surface area contributed by atoms with Crippen molar-refractivity contribution in [1.29, 1.82) is 0 Å². The fourth-order valence-electron chi connectivity index (χ4n) is 1.69. The maximum Gasteiger partial charge on any atom is 0.254 e. The normalized spacial score (nSPS) is 10.1. The van der Waals surface area contributed by atoms with Gasteiger partial charge in [0.2, 0.25) is 5.91 Å². The lowest BCUT2D eigenvalue weighted by atomic mass is 10.3. The molecule has 0 spiro atoms. The molecule has 2 N–H and O–H groups in total. The summed E-state index contributed by atoms with van der Waals surface area (Å²) < 4.78 is 0. The highest BCUT2D eigenvalue weighted by Crippen LogP contribution is 2.24. The van der Waals surface area contributed by atoms with Crippen molar-refractivity contribution < 1.29 is 9.59 Å². The monoisotopic (exact) mass is 320 g/mol. The molecule has 0 bridgehead atoms. The average molecular weight is 320 g/mol. The second-order valence-corrected chi connectivity index (χ2v) is 6.29. The van der Waals surface area contributed by atoms with Gasteiger partial charge in [-0.05, 0) is 23.6 Å². The van der Waals surface area contributed by atoms with E-state index in [0.29, 0.717) is 22.7 Å². The Morgan fingerprint density at radius 1 is 1.19 bits per heavy atom. The lowest BCUT2D eigenvalue weighted by Crippen LogP contribution is -2.20. The summed E-state index contributed by atoms with van der Waals surface area (Å²) in [4.78, 5) is 24.7. The molecule has 2 aromatic rings. The van der Waals surface area contributed by atoms with Crippen molar-refractivity contribution in [2.24, 2.45) is 0 Å². The van der Waals surface area contributed by atoms with Crippen molar-refractivity contribution in [2.75, 3.05) is 18.1 Å². The number of amides is 2. The molecule has 1 heterocycles. The summed E-state index contributed by atoms with van der Waals surface area (Å²) in [6, 6.07) is 11.7. The Bertz CT molecular complexity index is 611. The average Bonchev–Trinajstić information content (AvgIpc) is 2.95. The number of hydrogen-bond acceptors (Lipinski definition) is 4. The molecule has 2 rings (SSSR count). The maximum absolute atomic E-state index is 11.9. The highest BCUT2D eigenvalue weighted by atomic mass is 32.2. The molecule has 1 aromatic carbocycles. The van der Waals surface area contributed by atoms with Crippen LogP contribution in [0.1, 0.15) is 16.8 Å². The second-order valence-electron chi connectivity index (χ2n) is 4.20. The van der Waals surface area contributed by atoms with Crippen LogP contribution in [0.15, 0.2) is 46.7 Å². The number of carbonyl (C=O) groups excluding carboxylic acids is 2. The van der Waals surface area contributed by atoms with E-state index < -0.39 is 0 Å². The van der Waals surface area contributed by atoms with E-state index in [0.717, 1.165) is 4.90 Å². The van der Waals surface area contributed by atoms with Gasteiger partial charge in [-0.1, -0.05) is 18.2 Å². The van der Waals surface area contributed by atoms with E-state index in [1.54, 1.807) is 30.3 Å². The standard InChI is InChI=1S/C15H16N2O2S2/c1-16-14(19)12-7-9-21-15(12)17-13(18)8-10-20-11-5-3-2-4-6-11/h2-7,9H,8,10H2,1H3,(H,16,19)(H,17,18). The van der Waals surface area contributed by atoms with Crippen LogP contribution in [0.2, 0.25) is 0 Å². The smallest absolute Gasteiger partial charge is 0.254 e. The molecule has 1 aromatic heterocycles. The van der Waals surface area contributed by atoms with Crippen molar-refractivity contribution in [3.8, 4) is 0 Å². The van der Waals surface area contributed by atoms with E-state index in [2.05, 4.69) is 10.6 Å². The minimum atomic E-state index is -0.190. The predicted octanol–water partition coefficient (Wildman–Crippen LogP) is 3.23. The molecule has 0 radical (unpaired) electrons. The summed E-state index contributed by atoms with van der Waals surface area (Å²) in [5, 5.41) is 7.75. The van der Waals surface area contributed by atoms with Gasteiger partial charge in [-0.25, -0.2) is 0 Å². The first-order chi connectivity index (χ1) is 10.2. The van der Waals surface area contributed by atoms with Crippen LogP contribution in [0, 0.1) is 0 Å². The van der Waals surface area contributed by atoms with Gasteiger partial charge in [0, 0.05) is 24.1 Å². The molecule has 0 fully saturated rings. The summed E-state index contributed by atoms with van der Waals surface area (Å²) in [6.45, 7) is 0. The number of benzene rings is 1. The highest BCUT2D eigenvalue weighted by Gasteiger charge is 2.13. The van der Waals surface area contributed by atoms with E-state index in [1.807, 2.05) is 30.3 Å². The number of anilines is 1. The summed E-state index contributed by atoms with van der Waals surface area (Å²) in [7, 11) is 1.57. The first kappa shape index (κ1) is 15.6. The van der Waals surface area contributed by atoms with Crippen LogP contribution in [0.3, 0.4) is 0 Å². The first-order valence-corrected chi connectivity index (χ1v) is 8.34. The number of carbonyl (C=O) groups is 2. The van der Waals surface area contributed by atoms with Gasteiger partial charge in [-0.3, -0.25) is 9.59 Å². The number of thioether (sulfide) groups is 1. The first-order valence-electron chi connectivity index (χ1n) is 6.48. The second kappa shape index (κ2) is 7.85. The van der Waals surface area contributed by atoms with E-state index >= 15 is 0 Å². The molecule has 6 heteroatoms. The number of rotatable bonds is 6. The summed E-state index contributed by atoms with van der Waals surface area (Å²) in [5.74, 6) is 0.438. The Kier molecular flexibility index (Phi) is 5.83. The van der Waals surface area contributed by atoms with E-state index in [4.69, 9.17) is 0 Å². The third kappa shape index (κ3) is 4.61. The van der Waals surface area contributed by atoms with Crippen LogP contribution >= 0.6 is 23.1 Å². The summed E-state index contributed by atoms with van der Waals surface area (Å²) in [6.07, 6.45) is 0.407. The molecule has 110 valence electrons. The van der Waals surface area contributed by atoms with Gasteiger partial charge in [0.15, 0.2) is 0 Å². The van der Waals surface area contributed by atoms with E-state index in [9.17, 15) is 9.59 Å². The molecule has 0 aliphatic heterocycles. The van der Waals surface area contributed by atoms with Crippen LogP contribution in [0.4, 0.5) is 5.00 Å². The third-order valence-electron chi connectivity index (χ3n) is 2.73. The van der Waals surface area contributed by atoms with Gasteiger partial charge >= 0.3 is 0 Å². The molecular formula is C15H16N2O2S2. The minimum absolute atomic E-state index is 0.0777. The molecule has 0 aliphatic carbocycles. The van der Waals surface area contributed by atoms with Gasteiger partial charge in [-0.15, -0.1) is 23.1 Å². The van der Waals surface area contributed by atoms with Crippen molar-refractivity contribution in [1.82, 2.24) is 5.32 Å². The molecule has 0 atom stereocenters. The maximum atomic E-state index is 11.9. The van der Waals surface area contributed by atoms with Gasteiger partial charge in [0.05, 0.1) is 5.56 Å². The number of hydrogen-bond donors (Lipinski definition) is 2. The summed E-state index contributed by atoms with van der Waals surface area (Å²) in [5.41, 5.74) is 0.506. The molecule has 4 nitrogen and oxygen atoms in total. The zero-order valence-electron chi connectivity index (χ0n) is 11.6. The molecule has 21 heavy (non-hydrogen) atoms. The SMILES string of the molecule is CNC(=O)c1ccsc1NC(=O)CCSc1ccccc1. The van der Waals surface area contributed by atoms with Crippen LogP contribution in [0.5, 0.6) is 0 Å². The van der Waals surface area contributed by atoms with Crippen LogP contribution in [-0.4, -0.2) is 24.6 Å². The van der Waals surface area contributed by atoms with Crippen molar-refractivity contribution in [3.05, 3.63) is 47.3 Å². The molecule has 2 amide bonds. The largest absolute Gasteiger partial charge is 0.355 e. The Morgan fingerprint density at radius 2 is 1.95 bits per heavy atom. The number of nitrogens with one attached hydrogen (secondary N) is 2. The van der Waals surface area contributed by atoms with Crippen molar-refractivity contribution in [3.63, 3.8) is 0 Å². The Balaban J connectivity index is 1.82. The fourth-order valence-corrected chi connectivity index (χ4v) is 3.36. The minimum Gasteiger partial charge on any atom is -0.355 e. The van der Waals surface area contributed by atoms with Crippen LogP contribution in [0.25, 0.3) is 0 Å². The van der Waals surface area contributed by atoms with E-state index in [1.165, 1.54) is 11.3 Å². The zero-order chi connectivity index (χ0) is 15.1. The lowest BCUT2D eigenvalue weighted by molar-refractivity contribution is -0.115. The summed E-state index contributed by atoms with van der Waals surface area (Å²) >= 11 is 2.99. The molecular weight excluding hydrogens is 304 g/mol. The van der Waals surface area contributed by atoms with Gasteiger partial charge < -0.3 is 10.6 Å². The van der Waals surface area contributed by atoms with Gasteiger partial charge in [0.1, 0.15) is 5.00 Å². The predicted molar refractivity (Wildman–Crippen MR) is 88.1 cm³/mol. The molecule has 0 saturated heterocycles. The topological polar surface area (TPSA) is 58.2 Å². The Morgan fingerprint density at radius 3 is 2.67 bits per heavy atom. The number of thiophene rings is 1. The molecule has 0 unspecified atom stereocenters. The third-order valence-corrected chi connectivity index (χ3v) is 4.57. The lowest BCUT2D eigenvalue weighted by Gasteiger charge is -2.05. The highest BCUT2D eigenvalue weighted by molar-refractivity contribution is 7.99. The van der Waals surface area contributed by atoms with Gasteiger partial charge in [-0.2, -0.15) is 0 Å². The molecule has 0 aliphatic rings. The fraction of sp³-hybridized carbons (Fsp3) is 0.200. The van der Waals surface area contributed by atoms with Crippen molar-refractivity contribution >= 4 is 39.9 Å². The quantitative estimate of drug-likeness (QED) is 0.804. The zero-order valence-corrected chi connectivity index (χ0v) is 13.2.